The molecule has 1 aromatic carbocycles. The summed E-state index contributed by atoms with van der Waals surface area (Å²) in [4.78, 5) is 37.9. The van der Waals surface area contributed by atoms with Crippen molar-refractivity contribution in [3.8, 4) is 0 Å². The number of esters is 1. The zero-order valence-electron chi connectivity index (χ0n) is 24.2. The number of benzene rings is 1. The highest BCUT2D eigenvalue weighted by atomic mass is 32.2. The lowest BCUT2D eigenvalue weighted by Crippen LogP contribution is -2.47. The van der Waals surface area contributed by atoms with Crippen LogP contribution in [0.1, 0.15) is 50.0 Å². The van der Waals surface area contributed by atoms with Crippen LogP contribution in [0.3, 0.4) is 0 Å². The Morgan fingerprint density at radius 2 is 1.65 bits per heavy atom. The summed E-state index contributed by atoms with van der Waals surface area (Å²) < 4.78 is 12.7. The minimum absolute atomic E-state index is 0.0696. The number of methoxy groups -OCH3 is 1. The number of hydrogen-bond donors (Lipinski definition) is 0. The Balaban J connectivity index is 1.32. The van der Waals surface area contributed by atoms with Gasteiger partial charge in [-0.05, 0) is 76.3 Å². The summed E-state index contributed by atoms with van der Waals surface area (Å²) in [6, 6.07) is 12.9. The maximum absolute atomic E-state index is 12.6. The second-order valence-electron chi connectivity index (χ2n) is 11.5. The predicted octanol–water partition coefficient (Wildman–Crippen LogP) is 5.44. The Kier molecular flexibility index (Phi) is 7.90. The number of anilines is 2. The molecule has 3 aromatic rings. The molecule has 1 saturated carbocycles. The number of pyridine rings is 1. The Labute approximate surface area is 240 Å². The lowest BCUT2D eigenvalue weighted by molar-refractivity contribution is 0.00809. The number of rotatable bonds is 6. The number of hydrogen-bond acceptors (Lipinski definition) is 8. The molecule has 1 aliphatic carbocycles. The van der Waals surface area contributed by atoms with Gasteiger partial charge in [0.1, 0.15) is 17.1 Å². The standard InChI is InChI=1S/C30H39N5O4S/c1-30(2,3)39-29(37)32(4)21-17-22(18-21)35-19-25(28(36)38-5)24-11-12-26(31-27(24)35)34-15-13-33(14-16-34)20-7-9-23(40-6)10-8-20/h7-12,19,21-22H,13-18H2,1-6H3. The molecular weight excluding hydrogens is 526 g/mol. The van der Waals surface area contributed by atoms with Crippen LogP contribution in [0.4, 0.5) is 16.3 Å². The number of amides is 1. The third kappa shape index (κ3) is 5.73. The molecule has 40 heavy (non-hydrogen) atoms. The molecule has 3 heterocycles. The molecule has 0 spiro atoms. The van der Waals surface area contributed by atoms with Gasteiger partial charge in [0.15, 0.2) is 0 Å². The van der Waals surface area contributed by atoms with Gasteiger partial charge in [0.05, 0.1) is 12.7 Å². The van der Waals surface area contributed by atoms with Crippen LogP contribution in [0, 0.1) is 0 Å². The highest BCUT2D eigenvalue weighted by Crippen LogP contribution is 2.39. The number of nitrogens with zero attached hydrogens (tertiary/aromatic N) is 5. The molecule has 5 rings (SSSR count). The van der Waals surface area contributed by atoms with E-state index in [9.17, 15) is 9.59 Å². The van der Waals surface area contributed by atoms with Crippen LogP contribution in [0.15, 0.2) is 47.5 Å². The first-order valence-corrected chi connectivity index (χ1v) is 15.0. The topological polar surface area (TPSA) is 80.1 Å². The molecule has 10 heteroatoms. The summed E-state index contributed by atoms with van der Waals surface area (Å²) >= 11 is 1.75. The number of aromatic nitrogens is 2. The normalized spacial score (nSPS) is 19.4. The second-order valence-corrected chi connectivity index (χ2v) is 12.4. The Hall–Kier alpha value is -3.40. The molecule has 2 aromatic heterocycles. The molecule has 1 aliphatic heterocycles. The van der Waals surface area contributed by atoms with Crippen LogP contribution >= 0.6 is 11.8 Å². The maximum atomic E-state index is 12.6. The van der Waals surface area contributed by atoms with E-state index in [0.29, 0.717) is 5.56 Å². The third-order valence-electron chi connectivity index (χ3n) is 7.82. The Bertz CT molecular complexity index is 1370. The van der Waals surface area contributed by atoms with E-state index in [-0.39, 0.29) is 24.1 Å². The summed E-state index contributed by atoms with van der Waals surface area (Å²) in [6.07, 6.45) is 5.16. The van der Waals surface area contributed by atoms with Crippen LogP contribution in [0.25, 0.3) is 11.0 Å². The molecule has 0 bridgehead atoms. The fourth-order valence-electron chi connectivity index (χ4n) is 5.41. The lowest BCUT2D eigenvalue weighted by Gasteiger charge is -2.42. The molecule has 0 atom stereocenters. The lowest BCUT2D eigenvalue weighted by atomic mass is 9.85. The minimum atomic E-state index is -0.537. The largest absolute Gasteiger partial charge is 0.465 e. The van der Waals surface area contributed by atoms with Gasteiger partial charge < -0.3 is 28.7 Å². The molecule has 2 fully saturated rings. The van der Waals surface area contributed by atoms with Crippen molar-refractivity contribution in [3.05, 3.63) is 48.2 Å². The summed E-state index contributed by atoms with van der Waals surface area (Å²) in [5.41, 5.74) is 1.99. The quantitative estimate of drug-likeness (QED) is 0.289. The fraction of sp³-hybridized carbons (Fsp3) is 0.500. The van der Waals surface area contributed by atoms with E-state index in [1.165, 1.54) is 17.7 Å². The van der Waals surface area contributed by atoms with Crippen LogP contribution in [0.5, 0.6) is 0 Å². The number of thioether (sulfide) groups is 1. The van der Waals surface area contributed by atoms with Crippen molar-refractivity contribution in [2.45, 2.75) is 56.2 Å². The Morgan fingerprint density at radius 3 is 2.25 bits per heavy atom. The summed E-state index contributed by atoms with van der Waals surface area (Å²) in [5, 5.41) is 0.784. The number of fused-ring (bicyclic) bond motifs is 1. The molecule has 9 nitrogen and oxygen atoms in total. The number of ether oxygens (including phenoxy) is 2. The van der Waals surface area contributed by atoms with E-state index in [2.05, 4.69) is 44.9 Å². The van der Waals surface area contributed by atoms with Crippen molar-refractivity contribution in [2.24, 2.45) is 0 Å². The highest BCUT2D eigenvalue weighted by molar-refractivity contribution is 7.98. The van der Waals surface area contributed by atoms with E-state index in [4.69, 9.17) is 14.5 Å². The monoisotopic (exact) mass is 565 g/mol. The zero-order chi connectivity index (χ0) is 28.6. The van der Waals surface area contributed by atoms with Crippen molar-refractivity contribution in [1.82, 2.24) is 14.5 Å². The first kappa shape index (κ1) is 28.1. The zero-order valence-corrected chi connectivity index (χ0v) is 25.0. The summed E-state index contributed by atoms with van der Waals surface area (Å²) in [7, 11) is 3.19. The molecule has 1 saturated heterocycles. The number of carbonyl (C=O) groups excluding carboxylic acids is 2. The van der Waals surface area contributed by atoms with Gasteiger partial charge in [-0.1, -0.05) is 0 Å². The average molecular weight is 566 g/mol. The van der Waals surface area contributed by atoms with Crippen molar-refractivity contribution >= 4 is 46.4 Å². The molecule has 0 N–H and O–H groups in total. The fourth-order valence-corrected chi connectivity index (χ4v) is 5.82. The summed E-state index contributed by atoms with van der Waals surface area (Å²) in [6.45, 7) is 9.15. The van der Waals surface area contributed by atoms with Crippen LogP contribution in [-0.4, -0.2) is 84.7 Å². The second kappa shape index (κ2) is 11.2. The van der Waals surface area contributed by atoms with Gasteiger partial charge in [-0.3, -0.25) is 0 Å². The predicted molar refractivity (Wildman–Crippen MR) is 160 cm³/mol. The number of carbonyl (C=O) groups is 2. The molecule has 2 aliphatic rings. The first-order valence-electron chi connectivity index (χ1n) is 13.8. The van der Waals surface area contributed by atoms with Gasteiger partial charge in [0.25, 0.3) is 0 Å². The van der Waals surface area contributed by atoms with Crippen LogP contribution in [-0.2, 0) is 9.47 Å². The molecular formula is C30H39N5O4S. The molecule has 0 unspecified atom stereocenters. The van der Waals surface area contributed by atoms with Gasteiger partial charge in [0, 0.05) is 67.5 Å². The Morgan fingerprint density at radius 1 is 1.00 bits per heavy atom. The number of piperazine rings is 1. The van der Waals surface area contributed by atoms with E-state index in [1.807, 2.05) is 39.1 Å². The summed E-state index contributed by atoms with van der Waals surface area (Å²) in [5.74, 6) is 0.531. The van der Waals surface area contributed by atoms with Gasteiger partial charge in [0.2, 0.25) is 0 Å². The van der Waals surface area contributed by atoms with Crippen molar-refractivity contribution in [3.63, 3.8) is 0 Å². The SMILES string of the molecule is COC(=O)c1cn(C2CC(N(C)C(=O)OC(C)(C)C)C2)c2nc(N3CCN(c4ccc(SC)cc4)CC3)ccc12. The highest BCUT2D eigenvalue weighted by Gasteiger charge is 2.38. The maximum Gasteiger partial charge on any atom is 0.410 e. The van der Waals surface area contributed by atoms with Gasteiger partial charge in [-0.2, -0.15) is 0 Å². The van der Waals surface area contributed by atoms with Crippen LogP contribution in [0.2, 0.25) is 0 Å². The van der Waals surface area contributed by atoms with E-state index in [0.717, 1.165) is 55.9 Å². The van der Waals surface area contributed by atoms with Crippen molar-refractivity contribution in [1.29, 1.82) is 0 Å². The molecule has 214 valence electrons. The average Bonchev–Trinajstić information content (AvgIpc) is 3.29. The minimum Gasteiger partial charge on any atom is -0.465 e. The van der Waals surface area contributed by atoms with E-state index >= 15 is 0 Å². The van der Waals surface area contributed by atoms with Crippen molar-refractivity contribution < 1.29 is 19.1 Å². The third-order valence-corrected chi connectivity index (χ3v) is 8.56. The van der Waals surface area contributed by atoms with Gasteiger partial charge in [-0.15, -0.1) is 11.8 Å². The molecule has 1 amide bonds. The van der Waals surface area contributed by atoms with Gasteiger partial charge >= 0.3 is 12.1 Å². The van der Waals surface area contributed by atoms with E-state index in [1.54, 1.807) is 23.7 Å². The smallest absolute Gasteiger partial charge is 0.410 e. The van der Waals surface area contributed by atoms with Crippen molar-refractivity contribution in [2.75, 3.05) is 56.4 Å². The molecule has 0 radical (unpaired) electrons. The van der Waals surface area contributed by atoms with Gasteiger partial charge in [-0.25, -0.2) is 14.6 Å². The van der Waals surface area contributed by atoms with E-state index < -0.39 is 5.60 Å². The first-order chi connectivity index (χ1) is 19.1. The van der Waals surface area contributed by atoms with Crippen LogP contribution < -0.4 is 9.80 Å².